The van der Waals surface area contributed by atoms with Gasteiger partial charge in [-0.25, -0.2) is 4.79 Å². The molecule has 0 bridgehead atoms. The summed E-state index contributed by atoms with van der Waals surface area (Å²) in [6.45, 7) is 4.65. The second kappa shape index (κ2) is 24.2. The average Bonchev–Trinajstić information content (AvgIpc) is 3.13. The molecular formula is C43H48O6. The van der Waals surface area contributed by atoms with Crippen LogP contribution in [-0.4, -0.2) is 25.2 Å². The lowest BCUT2D eigenvalue weighted by atomic mass is 9.79. The van der Waals surface area contributed by atoms with E-state index in [9.17, 15) is 9.59 Å². The molecule has 0 unspecified atom stereocenters. The highest BCUT2D eigenvalue weighted by Gasteiger charge is 2.27. The zero-order chi connectivity index (χ0) is 34.8. The summed E-state index contributed by atoms with van der Waals surface area (Å²) >= 11 is 0. The van der Waals surface area contributed by atoms with Gasteiger partial charge in [-0.3, -0.25) is 4.79 Å². The molecule has 0 N–H and O–H groups in total. The molecule has 0 atom stereocenters. The minimum atomic E-state index is -0.334. The summed E-state index contributed by atoms with van der Waals surface area (Å²) in [6.07, 6.45) is 25.2. The maximum absolute atomic E-state index is 12.8. The van der Waals surface area contributed by atoms with Crippen LogP contribution in [0, 0.1) is 59.9 Å². The van der Waals surface area contributed by atoms with Crippen LogP contribution in [0.3, 0.4) is 0 Å². The zero-order valence-corrected chi connectivity index (χ0v) is 28.6. The van der Waals surface area contributed by atoms with Crippen molar-refractivity contribution >= 4 is 11.9 Å². The molecule has 2 aromatic carbocycles. The van der Waals surface area contributed by atoms with Gasteiger partial charge in [-0.1, -0.05) is 63.7 Å². The molecule has 6 nitrogen and oxygen atoms in total. The molecule has 0 saturated heterocycles. The topological polar surface area (TPSA) is 71.1 Å². The number of carbonyl (C=O) groups excluding carboxylic acids is 2. The number of hydrogen-bond acceptors (Lipinski definition) is 6. The van der Waals surface area contributed by atoms with E-state index in [1.54, 1.807) is 24.3 Å². The molecule has 1 saturated carbocycles. The number of hydrogen-bond donors (Lipinski definition) is 0. The Balaban J connectivity index is 1.20. The van der Waals surface area contributed by atoms with Gasteiger partial charge >= 0.3 is 11.9 Å². The Morgan fingerprint density at radius 1 is 0.714 bits per heavy atom. The average molecular weight is 661 g/mol. The molecule has 1 aliphatic rings. The Hall–Kier alpha value is -5.04. The van der Waals surface area contributed by atoms with Crippen molar-refractivity contribution in [2.45, 2.75) is 96.3 Å². The van der Waals surface area contributed by atoms with Crippen LogP contribution >= 0.6 is 0 Å². The largest absolute Gasteiger partial charge is 0.494 e. The van der Waals surface area contributed by atoms with E-state index in [1.165, 1.54) is 50.2 Å². The van der Waals surface area contributed by atoms with Crippen LogP contribution in [0.1, 0.15) is 95.5 Å². The van der Waals surface area contributed by atoms with Gasteiger partial charge in [0.1, 0.15) is 23.4 Å². The number of benzene rings is 2. The van der Waals surface area contributed by atoms with Crippen LogP contribution in [0.5, 0.6) is 17.2 Å². The van der Waals surface area contributed by atoms with Crippen molar-refractivity contribution in [1.29, 1.82) is 0 Å². The molecule has 1 fully saturated rings. The summed E-state index contributed by atoms with van der Waals surface area (Å²) in [4.78, 5) is 23.8. The van der Waals surface area contributed by atoms with Crippen molar-refractivity contribution < 1.29 is 28.5 Å². The van der Waals surface area contributed by atoms with Gasteiger partial charge < -0.3 is 18.9 Å². The van der Waals surface area contributed by atoms with Gasteiger partial charge in [-0.05, 0) is 117 Å². The summed E-state index contributed by atoms with van der Waals surface area (Å²) < 4.78 is 21.9. The number of carbonyl (C=O) groups is 2. The minimum Gasteiger partial charge on any atom is -0.494 e. The highest BCUT2D eigenvalue weighted by Crippen LogP contribution is 2.33. The fourth-order valence-electron chi connectivity index (χ4n) is 5.69. The molecule has 0 radical (unpaired) electrons. The van der Waals surface area contributed by atoms with E-state index in [4.69, 9.17) is 25.4 Å². The number of unbranched alkanes of at least 4 members (excludes halogenated alkanes) is 8. The minimum absolute atomic E-state index is 0.0659. The van der Waals surface area contributed by atoms with Gasteiger partial charge in [0, 0.05) is 23.8 Å². The van der Waals surface area contributed by atoms with Crippen LogP contribution in [0.2, 0.25) is 0 Å². The number of ether oxygens (including phenoxy) is 4. The Morgan fingerprint density at radius 2 is 1.29 bits per heavy atom. The molecule has 256 valence electrons. The summed E-state index contributed by atoms with van der Waals surface area (Å²) in [7, 11) is 0. The first kappa shape index (κ1) is 38.4. The Bertz CT molecular complexity index is 1520. The number of aryl methyl sites for hydroxylation is 1. The first-order valence-corrected chi connectivity index (χ1v) is 17.5. The van der Waals surface area contributed by atoms with Crippen molar-refractivity contribution in [3.8, 4) is 65.3 Å². The molecule has 49 heavy (non-hydrogen) atoms. The van der Waals surface area contributed by atoms with Crippen LogP contribution in [-0.2, 0) is 20.7 Å². The number of esters is 2. The highest BCUT2D eigenvalue weighted by atomic mass is 16.5. The van der Waals surface area contributed by atoms with E-state index < -0.39 is 0 Å². The monoisotopic (exact) mass is 660 g/mol. The van der Waals surface area contributed by atoms with Crippen molar-refractivity contribution in [2.75, 3.05) is 13.2 Å². The van der Waals surface area contributed by atoms with Gasteiger partial charge in [-0.2, -0.15) is 0 Å². The SMILES string of the molecule is C#CC#CC#CC#COc1ccc(OC(=O)C2CCC(CCc3ccc(OCCCCCCCCCCCOC(=O)C=C)cc3)CC2)cc1. The van der Waals surface area contributed by atoms with Gasteiger partial charge in [0.05, 0.1) is 19.1 Å². The van der Waals surface area contributed by atoms with Crippen molar-refractivity contribution in [1.82, 2.24) is 0 Å². The summed E-state index contributed by atoms with van der Waals surface area (Å²) in [5, 5.41) is 0. The molecule has 6 heteroatoms. The predicted octanol–water partition coefficient (Wildman–Crippen LogP) is 8.63. The fraction of sp³-hybridized carbons (Fsp3) is 0.442. The van der Waals surface area contributed by atoms with Crippen molar-refractivity contribution in [3.05, 3.63) is 66.7 Å². The molecular weight excluding hydrogens is 612 g/mol. The third kappa shape index (κ3) is 17.1. The molecule has 3 rings (SSSR count). The van der Waals surface area contributed by atoms with Crippen molar-refractivity contribution in [2.24, 2.45) is 11.8 Å². The van der Waals surface area contributed by atoms with Gasteiger partial charge in [0.15, 0.2) is 0 Å². The second-order valence-corrected chi connectivity index (χ2v) is 12.2. The maximum atomic E-state index is 12.8. The van der Waals surface area contributed by atoms with E-state index >= 15 is 0 Å². The van der Waals surface area contributed by atoms with E-state index in [0.717, 1.165) is 70.1 Å². The summed E-state index contributed by atoms with van der Waals surface area (Å²) in [5.74, 6) is 16.6. The first-order valence-electron chi connectivity index (χ1n) is 17.5. The summed E-state index contributed by atoms with van der Waals surface area (Å²) in [5.41, 5.74) is 1.33. The summed E-state index contributed by atoms with van der Waals surface area (Å²) in [6, 6.07) is 15.3. The quantitative estimate of drug-likeness (QED) is 0.0466. The molecule has 2 aromatic rings. The third-order valence-electron chi connectivity index (χ3n) is 8.50. The molecule has 0 amide bonds. The van der Waals surface area contributed by atoms with E-state index in [2.05, 4.69) is 72.5 Å². The third-order valence-corrected chi connectivity index (χ3v) is 8.50. The molecule has 0 aromatic heterocycles. The molecule has 0 spiro atoms. The second-order valence-electron chi connectivity index (χ2n) is 12.2. The Morgan fingerprint density at radius 3 is 1.94 bits per heavy atom. The lowest BCUT2D eigenvalue weighted by Crippen LogP contribution is -2.25. The van der Waals surface area contributed by atoms with Crippen LogP contribution in [0.25, 0.3) is 0 Å². The van der Waals surface area contributed by atoms with Gasteiger partial charge in [0.25, 0.3) is 0 Å². The highest BCUT2D eigenvalue weighted by molar-refractivity contribution is 5.81. The van der Waals surface area contributed by atoms with Gasteiger partial charge in [-0.15, -0.1) is 6.42 Å². The van der Waals surface area contributed by atoms with Crippen LogP contribution in [0.15, 0.2) is 61.2 Å². The smallest absolute Gasteiger partial charge is 0.330 e. The lowest BCUT2D eigenvalue weighted by Gasteiger charge is -2.27. The van der Waals surface area contributed by atoms with E-state index in [0.29, 0.717) is 24.0 Å². The van der Waals surface area contributed by atoms with Crippen LogP contribution < -0.4 is 14.2 Å². The predicted molar refractivity (Wildman–Crippen MR) is 193 cm³/mol. The standard InChI is InChI=1S/C43H48O6/c1-3-5-6-7-13-16-34-47-40-29-31-41(32-30-40)49-43(45)38-25-21-36(22-26-38)19-20-37-23-27-39(28-24-37)46-33-17-14-11-9-8-10-12-15-18-35-48-42(44)4-2/h1,4,23-24,27-32,36,38H,2,8-12,14-15,17-22,25-26,33,35H2. The molecule has 1 aliphatic carbocycles. The molecule has 0 aliphatic heterocycles. The maximum Gasteiger partial charge on any atom is 0.330 e. The number of rotatable bonds is 20. The van der Waals surface area contributed by atoms with E-state index in [-0.39, 0.29) is 17.9 Å². The fourth-order valence-corrected chi connectivity index (χ4v) is 5.69. The van der Waals surface area contributed by atoms with E-state index in [1.807, 2.05) is 0 Å². The number of terminal acetylenes is 1. The van der Waals surface area contributed by atoms with Crippen LogP contribution in [0.4, 0.5) is 0 Å². The Kier molecular flexibility index (Phi) is 18.9. The van der Waals surface area contributed by atoms with Crippen molar-refractivity contribution in [3.63, 3.8) is 0 Å². The zero-order valence-electron chi connectivity index (χ0n) is 28.6. The van der Waals surface area contributed by atoms with Gasteiger partial charge in [0.2, 0.25) is 0 Å². The normalized spacial score (nSPS) is 14.6. The lowest BCUT2D eigenvalue weighted by molar-refractivity contribution is -0.140. The molecule has 0 heterocycles. The first-order chi connectivity index (χ1) is 24.1. The Labute approximate surface area is 293 Å².